The Morgan fingerprint density at radius 2 is 1.90 bits per heavy atom. The largest absolute Gasteiger partial charge is 0.493 e. The minimum Gasteiger partial charge on any atom is -0.493 e. The van der Waals surface area contributed by atoms with Crippen LogP contribution in [0.3, 0.4) is 0 Å². The smallest absolute Gasteiger partial charge is 0.385 e. The summed E-state index contributed by atoms with van der Waals surface area (Å²) in [6, 6.07) is 14.8. The van der Waals surface area contributed by atoms with Gasteiger partial charge in [-0.15, -0.1) is 5.10 Å². The first-order valence-electron chi connectivity index (χ1n) is 13.4. The molecule has 3 aliphatic heterocycles. The zero-order valence-corrected chi connectivity index (χ0v) is 24.4. The number of nitrogens with zero attached hydrogens (tertiary/aromatic N) is 4. The molecule has 214 valence electrons. The van der Waals surface area contributed by atoms with Gasteiger partial charge in [0.1, 0.15) is 17.0 Å². The van der Waals surface area contributed by atoms with Crippen molar-refractivity contribution in [3.8, 4) is 11.5 Å². The SMILES string of the molecule is Cc1ccc2cc1CN1Cc3cc(ccc3OS1(=O)=O)OCCSCCn1nnc3c(C)c(ccc31)C2CC(=O)O. The van der Waals surface area contributed by atoms with Gasteiger partial charge in [0.2, 0.25) is 0 Å². The second-order valence-corrected chi connectivity index (χ2v) is 13.1. The van der Waals surface area contributed by atoms with Gasteiger partial charge in [-0.3, -0.25) is 4.79 Å². The first kappa shape index (κ1) is 27.6. The van der Waals surface area contributed by atoms with Crippen molar-refractivity contribution in [1.82, 2.24) is 19.3 Å². The van der Waals surface area contributed by atoms with Gasteiger partial charge in [0.25, 0.3) is 0 Å². The summed E-state index contributed by atoms with van der Waals surface area (Å²) in [5, 5.41) is 18.7. The molecule has 7 rings (SSSR count). The van der Waals surface area contributed by atoms with E-state index in [0.29, 0.717) is 24.7 Å². The second-order valence-electron chi connectivity index (χ2n) is 10.3. The highest BCUT2D eigenvalue weighted by atomic mass is 32.2. The Kier molecular flexibility index (Phi) is 7.39. The van der Waals surface area contributed by atoms with E-state index in [1.54, 1.807) is 23.9 Å². The number of aryl methyl sites for hydroxylation is 3. The van der Waals surface area contributed by atoms with Gasteiger partial charge in [0.05, 0.1) is 25.1 Å². The number of aliphatic carboxylic acids is 1. The molecule has 1 aromatic heterocycles. The molecule has 0 amide bonds. The van der Waals surface area contributed by atoms with Gasteiger partial charge in [-0.2, -0.15) is 24.5 Å². The molecule has 10 nitrogen and oxygen atoms in total. The van der Waals surface area contributed by atoms with Crippen LogP contribution in [0.4, 0.5) is 0 Å². The van der Waals surface area contributed by atoms with E-state index < -0.39 is 22.2 Å². The first-order valence-corrected chi connectivity index (χ1v) is 15.9. The Labute approximate surface area is 242 Å². The molecule has 0 fully saturated rings. The second kappa shape index (κ2) is 11.0. The molecular weight excluding hydrogens is 564 g/mol. The van der Waals surface area contributed by atoms with Crippen molar-refractivity contribution in [2.45, 2.75) is 45.8 Å². The van der Waals surface area contributed by atoms with Gasteiger partial charge in [0.15, 0.2) is 0 Å². The highest BCUT2D eigenvalue weighted by molar-refractivity contribution is 7.99. The standard InChI is InChI=1S/C29H30N4O6S2/c1-18-3-4-20-13-21(18)16-32-17-22-14-23(5-8-27(22)39-41(32,36)37)38-10-12-40-11-9-33-26-7-6-24(25(20)15-28(34)35)19(2)29(26)30-31-33/h3-8,13-14,25H,9-12,15-17H2,1-2H3,(H,34,35). The van der Waals surface area contributed by atoms with Gasteiger partial charge in [0, 0.05) is 36.1 Å². The van der Waals surface area contributed by atoms with Crippen LogP contribution in [0.2, 0.25) is 0 Å². The van der Waals surface area contributed by atoms with Crippen molar-refractivity contribution in [2.75, 3.05) is 18.1 Å². The molecule has 4 heterocycles. The van der Waals surface area contributed by atoms with E-state index in [4.69, 9.17) is 8.92 Å². The van der Waals surface area contributed by atoms with Crippen molar-refractivity contribution in [1.29, 1.82) is 0 Å². The Hall–Kier alpha value is -3.61. The third-order valence-electron chi connectivity index (χ3n) is 7.69. The highest BCUT2D eigenvalue weighted by Gasteiger charge is 2.32. The van der Waals surface area contributed by atoms with E-state index in [1.807, 2.05) is 54.9 Å². The van der Waals surface area contributed by atoms with Crippen molar-refractivity contribution in [2.24, 2.45) is 0 Å². The van der Waals surface area contributed by atoms with E-state index in [0.717, 1.165) is 55.9 Å². The Balaban J connectivity index is 1.45. The van der Waals surface area contributed by atoms with Gasteiger partial charge < -0.3 is 14.0 Å². The number of carbonyl (C=O) groups is 1. The Morgan fingerprint density at radius 1 is 1.07 bits per heavy atom. The summed E-state index contributed by atoms with van der Waals surface area (Å²) < 4.78 is 40.8. The van der Waals surface area contributed by atoms with Crippen LogP contribution in [0.5, 0.6) is 11.5 Å². The minimum atomic E-state index is -4.03. The molecule has 9 bridgehead atoms. The maximum absolute atomic E-state index is 13.1. The van der Waals surface area contributed by atoms with Crippen LogP contribution in [0, 0.1) is 13.8 Å². The highest BCUT2D eigenvalue weighted by Crippen LogP contribution is 2.36. The molecule has 3 aromatic carbocycles. The number of benzene rings is 3. The molecule has 4 aromatic rings. The zero-order chi connectivity index (χ0) is 28.7. The van der Waals surface area contributed by atoms with E-state index in [9.17, 15) is 18.3 Å². The summed E-state index contributed by atoms with van der Waals surface area (Å²) >= 11 is 1.74. The average molecular weight is 595 g/mol. The van der Waals surface area contributed by atoms with Crippen LogP contribution < -0.4 is 8.92 Å². The van der Waals surface area contributed by atoms with Crippen LogP contribution in [0.25, 0.3) is 11.0 Å². The Bertz CT molecular complexity index is 1750. The quantitative estimate of drug-likeness (QED) is 0.359. The molecule has 2 unspecified atom stereocenters. The van der Waals surface area contributed by atoms with E-state index >= 15 is 0 Å². The number of thioether (sulfide) groups is 1. The predicted octanol–water partition coefficient (Wildman–Crippen LogP) is 4.42. The number of carboxylic acids is 1. The molecule has 0 radical (unpaired) electrons. The number of ether oxygens (including phenoxy) is 1. The van der Waals surface area contributed by atoms with Crippen LogP contribution in [-0.4, -0.2) is 56.9 Å². The number of aromatic nitrogens is 3. The van der Waals surface area contributed by atoms with E-state index in [1.165, 1.54) is 4.31 Å². The summed E-state index contributed by atoms with van der Waals surface area (Å²) in [4.78, 5) is 12.0. The van der Waals surface area contributed by atoms with Crippen molar-refractivity contribution >= 4 is 39.1 Å². The summed E-state index contributed by atoms with van der Waals surface area (Å²) in [7, 11) is -4.03. The molecule has 0 aliphatic carbocycles. The Morgan fingerprint density at radius 3 is 2.73 bits per heavy atom. The molecule has 3 aliphatic rings. The monoisotopic (exact) mass is 594 g/mol. The number of carboxylic acid groups (broad SMARTS) is 1. The van der Waals surface area contributed by atoms with Gasteiger partial charge in [-0.1, -0.05) is 29.5 Å². The summed E-state index contributed by atoms with van der Waals surface area (Å²) in [5.41, 5.74) is 6.56. The van der Waals surface area contributed by atoms with Crippen molar-refractivity contribution in [3.05, 3.63) is 81.9 Å². The number of fused-ring (bicyclic) bond motifs is 6. The van der Waals surface area contributed by atoms with E-state index in [-0.39, 0.29) is 19.5 Å². The number of hydrogen-bond acceptors (Lipinski definition) is 8. The maximum Gasteiger partial charge on any atom is 0.385 e. The normalized spacial score (nSPS) is 20.3. The fraction of sp³-hybridized carbons (Fsp3) is 0.345. The first-order chi connectivity index (χ1) is 19.7. The fourth-order valence-corrected chi connectivity index (χ4v) is 7.26. The fourth-order valence-electron chi connectivity index (χ4n) is 5.47. The van der Waals surface area contributed by atoms with E-state index in [2.05, 4.69) is 10.3 Å². The van der Waals surface area contributed by atoms with Crippen LogP contribution in [0.1, 0.15) is 45.7 Å². The molecule has 12 heteroatoms. The average Bonchev–Trinajstić information content (AvgIpc) is 3.34. The molecule has 2 atom stereocenters. The minimum absolute atomic E-state index is 0.0787. The zero-order valence-electron chi connectivity index (χ0n) is 22.7. The molecular formula is C29H30N4O6S2. The lowest BCUT2D eigenvalue weighted by atomic mass is 9.84. The number of rotatable bonds is 2. The lowest BCUT2D eigenvalue weighted by molar-refractivity contribution is -0.137. The van der Waals surface area contributed by atoms with Crippen LogP contribution in [-0.2, 0) is 34.7 Å². The summed E-state index contributed by atoms with van der Waals surface area (Å²) in [5.74, 6) is 1.16. The summed E-state index contributed by atoms with van der Waals surface area (Å²) in [6.07, 6.45) is -0.124. The molecule has 1 N–H and O–H groups in total. The van der Waals surface area contributed by atoms with Gasteiger partial charge in [-0.25, -0.2) is 4.68 Å². The van der Waals surface area contributed by atoms with Crippen molar-refractivity contribution in [3.63, 3.8) is 0 Å². The topological polar surface area (TPSA) is 124 Å². The lowest BCUT2D eigenvalue weighted by Gasteiger charge is -2.29. The summed E-state index contributed by atoms with van der Waals surface area (Å²) in [6.45, 7) is 5.26. The molecule has 0 saturated heterocycles. The molecule has 0 spiro atoms. The van der Waals surface area contributed by atoms with Crippen LogP contribution in [0.15, 0.2) is 48.5 Å². The lowest BCUT2D eigenvalue weighted by Crippen LogP contribution is -2.37. The predicted molar refractivity (Wildman–Crippen MR) is 156 cm³/mol. The number of hydrogen-bond donors (Lipinski definition) is 1. The van der Waals surface area contributed by atoms with Crippen molar-refractivity contribution < 1.29 is 27.2 Å². The van der Waals surface area contributed by atoms with Gasteiger partial charge >= 0.3 is 16.3 Å². The molecule has 41 heavy (non-hydrogen) atoms. The van der Waals surface area contributed by atoms with Gasteiger partial charge in [-0.05, 0) is 65.9 Å². The third-order valence-corrected chi connectivity index (χ3v) is 9.90. The van der Waals surface area contributed by atoms with Crippen LogP contribution >= 0.6 is 11.8 Å². The maximum atomic E-state index is 13.1. The molecule has 0 saturated carbocycles. The third kappa shape index (κ3) is 5.51.